The number of nitriles is 2. The van der Waals surface area contributed by atoms with E-state index in [0.717, 1.165) is 22.2 Å². The molecule has 5 rings (SSSR count). The summed E-state index contributed by atoms with van der Waals surface area (Å²) in [5.74, 6) is 0. The minimum atomic E-state index is -0.545. The molecule has 0 aliphatic carbocycles. The Morgan fingerprint density at radius 3 is 1.68 bits per heavy atom. The predicted octanol–water partition coefficient (Wildman–Crippen LogP) is 6.13. The van der Waals surface area contributed by atoms with Crippen molar-refractivity contribution in [3.63, 3.8) is 0 Å². The molecule has 0 saturated carbocycles. The van der Waals surface area contributed by atoms with Crippen molar-refractivity contribution in [3.05, 3.63) is 96.1 Å². The Labute approximate surface area is 218 Å². The first kappa shape index (κ1) is 24.5. The second-order valence-electron chi connectivity index (χ2n) is 10.1. The lowest BCUT2D eigenvalue weighted by molar-refractivity contribution is 0.00578. The molecule has 0 spiro atoms. The summed E-state index contributed by atoms with van der Waals surface area (Å²) in [6.45, 7) is 8.08. The van der Waals surface area contributed by atoms with Crippen LogP contribution in [0.5, 0.6) is 0 Å². The molecular weight excluding hydrogens is 457 g/mol. The lowest BCUT2D eigenvalue weighted by Crippen LogP contribution is -2.41. The van der Waals surface area contributed by atoms with Gasteiger partial charge in [0.05, 0.1) is 33.7 Å². The van der Waals surface area contributed by atoms with Gasteiger partial charge in [-0.3, -0.25) is 0 Å². The summed E-state index contributed by atoms with van der Waals surface area (Å²) in [4.78, 5) is 4.94. The number of benzene rings is 3. The first-order valence-electron chi connectivity index (χ1n) is 12.2. The van der Waals surface area contributed by atoms with Crippen molar-refractivity contribution in [1.29, 1.82) is 10.5 Å². The number of rotatable bonds is 4. The van der Waals surface area contributed by atoms with Crippen molar-refractivity contribution in [2.75, 3.05) is 0 Å². The van der Waals surface area contributed by atoms with E-state index in [2.05, 4.69) is 12.1 Å². The second-order valence-corrected chi connectivity index (χ2v) is 10.1. The van der Waals surface area contributed by atoms with E-state index in [4.69, 9.17) is 14.3 Å². The molecule has 0 N–H and O–H groups in total. The zero-order valence-electron chi connectivity index (χ0n) is 21.3. The van der Waals surface area contributed by atoms with Crippen molar-refractivity contribution in [2.45, 2.75) is 38.9 Å². The zero-order valence-corrected chi connectivity index (χ0v) is 21.3. The summed E-state index contributed by atoms with van der Waals surface area (Å²) in [5, 5.41) is 20.6. The maximum absolute atomic E-state index is 10.4. The highest BCUT2D eigenvalue weighted by atomic mass is 16.7. The maximum atomic E-state index is 10.4. The fourth-order valence-electron chi connectivity index (χ4n) is 4.52. The van der Waals surface area contributed by atoms with E-state index in [-0.39, 0.29) is 0 Å². The topological polar surface area (TPSA) is 78.9 Å². The van der Waals surface area contributed by atoms with Gasteiger partial charge in [0, 0.05) is 16.7 Å². The van der Waals surface area contributed by atoms with Gasteiger partial charge in [0.1, 0.15) is 12.1 Å². The van der Waals surface area contributed by atoms with Crippen LogP contribution in [-0.4, -0.2) is 23.3 Å². The van der Waals surface area contributed by atoms with Crippen LogP contribution >= 0.6 is 0 Å². The van der Waals surface area contributed by atoms with E-state index in [1.807, 2.05) is 113 Å². The van der Waals surface area contributed by atoms with Crippen LogP contribution in [0.1, 0.15) is 38.8 Å². The lowest BCUT2D eigenvalue weighted by Gasteiger charge is -2.32. The number of pyridine rings is 1. The maximum Gasteiger partial charge on any atom is 0.494 e. The highest BCUT2D eigenvalue weighted by molar-refractivity contribution is 6.62. The Kier molecular flexibility index (Phi) is 6.17. The number of hydrogen-bond acceptors (Lipinski definition) is 5. The molecule has 37 heavy (non-hydrogen) atoms. The largest absolute Gasteiger partial charge is 0.494 e. The monoisotopic (exact) mass is 483 g/mol. The molecule has 6 heteroatoms. The third-order valence-electron chi connectivity index (χ3n) is 7.22. The minimum Gasteiger partial charge on any atom is -0.399 e. The Balaban J connectivity index is 1.75. The molecule has 0 radical (unpaired) electrons. The van der Waals surface area contributed by atoms with Gasteiger partial charge in [0.25, 0.3) is 0 Å². The number of nitrogens with zero attached hydrogens (tertiary/aromatic N) is 3. The van der Waals surface area contributed by atoms with Crippen LogP contribution in [0.15, 0.2) is 84.9 Å². The molecule has 1 aliphatic rings. The first-order chi connectivity index (χ1) is 17.8. The Morgan fingerprint density at radius 2 is 1.14 bits per heavy atom. The van der Waals surface area contributed by atoms with Gasteiger partial charge in [-0.15, -0.1) is 0 Å². The Hall–Kier alpha value is -4.23. The van der Waals surface area contributed by atoms with E-state index in [0.29, 0.717) is 28.1 Å². The first-order valence-corrected chi connectivity index (χ1v) is 12.2. The molecular formula is C31H26BN3O2. The Morgan fingerprint density at radius 1 is 0.649 bits per heavy atom. The van der Waals surface area contributed by atoms with Gasteiger partial charge in [-0.1, -0.05) is 84.9 Å². The molecule has 2 heterocycles. The predicted molar refractivity (Wildman–Crippen MR) is 146 cm³/mol. The van der Waals surface area contributed by atoms with Gasteiger partial charge in [-0.2, -0.15) is 10.5 Å². The fourth-order valence-corrected chi connectivity index (χ4v) is 4.52. The van der Waals surface area contributed by atoms with Crippen LogP contribution in [0, 0.1) is 22.7 Å². The number of aromatic nitrogens is 1. The van der Waals surface area contributed by atoms with Crippen molar-refractivity contribution in [1.82, 2.24) is 4.98 Å². The summed E-state index contributed by atoms with van der Waals surface area (Å²) in [7, 11) is -0.545. The molecule has 4 aromatic rings. The van der Waals surface area contributed by atoms with Crippen LogP contribution in [0.2, 0.25) is 0 Å². The summed E-state index contributed by atoms with van der Waals surface area (Å²) >= 11 is 0. The minimum absolute atomic E-state index is 0.355. The molecule has 180 valence electrons. The highest BCUT2D eigenvalue weighted by Crippen LogP contribution is 2.39. The summed E-state index contributed by atoms with van der Waals surface area (Å²) in [5.41, 5.74) is 4.61. The summed E-state index contributed by atoms with van der Waals surface area (Å²) in [6, 6.07) is 31.6. The molecule has 0 bridgehead atoms. The van der Waals surface area contributed by atoms with Gasteiger partial charge in [-0.05, 0) is 38.7 Å². The molecule has 5 nitrogen and oxygen atoms in total. The van der Waals surface area contributed by atoms with Gasteiger partial charge < -0.3 is 9.31 Å². The van der Waals surface area contributed by atoms with Crippen LogP contribution in [-0.2, 0) is 9.31 Å². The highest BCUT2D eigenvalue weighted by Gasteiger charge is 2.51. The second kappa shape index (κ2) is 9.34. The molecule has 0 amide bonds. The molecule has 1 fully saturated rings. The quantitative estimate of drug-likeness (QED) is 0.327. The number of hydrogen-bond donors (Lipinski definition) is 0. The van der Waals surface area contributed by atoms with E-state index >= 15 is 0 Å². The zero-order chi connectivity index (χ0) is 26.2. The molecule has 3 aromatic carbocycles. The smallest absolute Gasteiger partial charge is 0.399 e. The Bertz CT molecular complexity index is 1540. The van der Waals surface area contributed by atoms with E-state index in [1.54, 1.807) is 0 Å². The van der Waals surface area contributed by atoms with Crippen molar-refractivity contribution in [3.8, 4) is 45.8 Å². The van der Waals surface area contributed by atoms with E-state index in [9.17, 15) is 10.5 Å². The SMILES string of the molecule is CC1(C)OB(c2cccc(-c3nc(-c4ccccc4)c(C#N)c(-c4ccccc4)c3C#N)c2)OC1(C)C. The molecule has 1 aromatic heterocycles. The van der Waals surface area contributed by atoms with E-state index < -0.39 is 18.3 Å². The standard InChI is InChI=1S/C31H26BN3O2/c1-30(2)31(3,4)37-32(36-30)24-17-11-16-23(18-24)29-26(20-34)27(21-12-7-5-8-13-21)25(19-33)28(35-29)22-14-9-6-10-15-22/h5-18H,1-4H3. The molecule has 1 aliphatic heterocycles. The van der Waals surface area contributed by atoms with Gasteiger partial charge >= 0.3 is 7.12 Å². The van der Waals surface area contributed by atoms with Crippen molar-refractivity contribution >= 4 is 12.6 Å². The van der Waals surface area contributed by atoms with Crippen LogP contribution in [0.4, 0.5) is 0 Å². The van der Waals surface area contributed by atoms with Crippen LogP contribution < -0.4 is 5.46 Å². The van der Waals surface area contributed by atoms with Gasteiger partial charge in [0.15, 0.2) is 0 Å². The van der Waals surface area contributed by atoms with Crippen LogP contribution in [0.3, 0.4) is 0 Å². The fraction of sp³-hybridized carbons (Fsp3) is 0.194. The third-order valence-corrected chi connectivity index (χ3v) is 7.22. The molecule has 0 atom stereocenters. The van der Waals surface area contributed by atoms with Crippen molar-refractivity contribution in [2.24, 2.45) is 0 Å². The summed E-state index contributed by atoms with van der Waals surface area (Å²) in [6.07, 6.45) is 0. The van der Waals surface area contributed by atoms with Crippen molar-refractivity contribution < 1.29 is 9.31 Å². The average molecular weight is 483 g/mol. The van der Waals surface area contributed by atoms with Gasteiger partial charge in [-0.25, -0.2) is 4.98 Å². The van der Waals surface area contributed by atoms with E-state index in [1.165, 1.54) is 0 Å². The normalized spacial score (nSPS) is 15.7. The third kappa shape index (κ3) is 4.32. The molecule has 0 unspecified atom stereocenters. The molecule has 1 saturated heterocycles. The summed E-state index contributed by atoms with van der Waals surface area (Å²) < 4.78 is 12.5. The average Bonchev–Trinajstić information content (AvgIpc) is 3.14. The van der Waals surface area contributed by atoms with Crippen LogP contribution in [0.25, 0.3) is 33.6 Å². The van der Waals surface area contributed by atoms with Gasteiger partial charge in [0.2, 0.25) is 0 Å². The lowest BCUT2D eigenvalue weighted by atomic mass is 9.78.